The third-order valence-electron chi connectivity index (χ3n) is 5.75. The number of carbonyl (C=O) groups excluding carboxylic acids is 1. The minimum Gasteiger partial charge on any atom is -0.396 e. The predicted molar refractivity (Wildman–Crippen MR) is 134 cm³/mol. The highest BCUT2D eigenvalue weighted by Crippen LogP contribution is 2.24. The number of rotatable bonds is 10. The topological polar surface area (TPSA) is 101 Å². The molecule has 9 nitrogen and oxygen atoms in total. The van der Waals surface area contributed by atoms with Crippen molar-refractivity contribution in [3.63, 3.8) is 0 Å². The lowest BCUT2D eigenvalue weighted by Crippen LogP contribution is -2.36. The van der Waals surface area contributed by atoms with E-state index in [0.717, 1.165) is 55.8 Å². The summed E-state index contributed by atoms with van der Waals surface area (Å²) in [6, 6.07) is 10.1. The molecule has 1 saturated heterocycles. The van der Waals surface area contributed by atoms with Crippen LogP contribution in [0.25, 0.3) is 16.9 Å². The normalized spacial score (nSPS) is 14.8. The third kappa shape index (κ3) is 8.19. The van der Waals surface area contributed by atoms with Gasteiger partial charge in [-0.15, -0.1) is 0 Å². The highest BCUT2D eigenvalue weighted by atomic mass is 19.4. The first-order valence-electron chi connectivity index (χ1n) is 12.0. The summed E-state index contributed by atoms with van der Waals surface area (Å²) >= 11 is 0. The number of hydrogen-bond donors (Lipinski definition) is 3. The van der Waals surface area contributed by atoms with Gasteiger partial charge in [0.2, 0.25) is 0 Å². The maximum atomic E-state index is 12.3. The first-order chi connectivity index (χ1) is 17.9. The van der Waals surface area contributed by atoms with Crippen LogP contribution in [0.5, 0.6) is 0 Å². The molecule has 4 rings (SSSR count). The van der Waals surface area contributed by atoms with Gasteiger partial charge in [0.15, 0.2) is 0 Å². The number of pyridine rings is 1. The number of imidazole rings is 1. The zero-order valence-electron chi connectivity index (χ0n) is 20.1. The molecule has 3 aromatic rings. The summed E-state index contributed by atoms with van der Waals surface area (Å²) in [4.78, 5) is 21.6. The van der Waals surface area contributed by atoms with Crippen molar-refractivity contribution in [2.75, 3.05) is 38.2 Å². The second kappa shape index (κ2) is 12.5. The number of nitrogens with zero attached hydrogens (tertiary/aromatic N) is 3. The van der Waals surface area contributed by atoms with Crippen molar-refractivity contribution in [3.8, 4) is 11.3 Å². The SMILES string of the molecule is O=C(NCC(F)(F)F)Nc1cccc(-c2cnc3cc(C=NOCCCNC4CCOCC4)ccn23)c1. The maximum Gasteiger partial charge on any atom is 0.405 e. The summed E-state index contributed by atoms with van der Waals surface area (Å²) in [6.07, 6.45) is 3.62. The van der Waals surface area contributed by atoms with Gasteiger partial charge in [-0.3, -0.25) is 4.40 Å². The number of oxime groups is 1. The third-order valence-corrected chi connectivity index (χ3v) is 5.75. The number of hydrogen-bond acceptors (Lipinski definition) is 6. The molecule has 1 aromatic carbocycles. The summed E-state index contributed by atoms with van der Waals surface area (Å²) in [5.74, 6) is 0. The number of urea groups is 1. The molecule has 0 spiro atoms. The fourth-order valence-electron chi connectivity index (χ4n) is 3.90. The van der Waals surface area contributed by atoms with Crippen molar-refractivity contribution < 1.29 is 27.5 Å². The first kappa shape index (κ1) is 26.4. The molecule has 198 valence electrons. The number of anilines is 1. The Kier molecular flexibility index (Phi) is 8.96. The summed E-state index contributed by atoms with van der Waals surface area (Å²) in [5, 5.41) is 11.7. The molecule has 37 heavy (non-hydrogen) atoms. The Morgan fingerprint density at radius 3 is 2.89 bits per heavy atom. The monoisotopic (exact) mass is 518 g/mol. The number of alkyl halides is 3. The fourth-order valence-corrected chi connectivity index (χ4v) is 3.90. The van der Waals surface area contributed by atoms with Crippen molar-refractivity contribution in [1.29, 1.82) is 0 Å². The van der Waals surface area contributed by atoms with Crippen LogP contribution >= 0.6 is 0 Å². The Labute approximate surface area is 212 Å². The maximum absolute atomic E-state index is 12.3. The van der Waals surface area contributed by atoms with Crippen molar-refractivity contribution in [2.45, 2.75) is 31.5 Å². The lowest BCUT2D eigenvalue weighted by molar-refractivity contribution is -0.122. The van der Waals surface area contributed by atoms with Crippen LogP contribution in [0.3, 0.4) is 0 Å². The molecule has 12 heteroatoms. The van der Waals surface area contributed by atoms with Gasteiger partial charge in [-0.25, -0.2) is 9.78 Å². The number of halogens is 3. The van der Waals surface area contributed by atoms with Gasteiger partial charge in [0.25, 0.3) is 0 Å². The van der Waals surface area contributed by atoms with Gasteiger partial charge in [0.1, 0.15) is 18.8 Å². The number of carbonyl (C=O) groups is 1. The molecule has 0 unspecified atom stereocenters. The standard InChI is InChI=1S/C25H29F3N6O3/c26-25(27,28)17-31-24(35)33-21-4-1-3-19(14-21)22-16-30-23-13-18(5-9-34(22)23)15-32-37-10-2-8-29-20-6-11-36-12-7-20/h1,3-5,9,13-16,20,29H,2,6-8,10-12,17H2,(H2,31,33,35). The van der Waals surface area contributed by atoms with Crippen molar-refractivity contribution in [3.05, 3.63) is 54.4 Å². The molecule has 3 heterocycles. The van der Waals surface area contributed by atoms with E-state index < -0.39 is 18.8 Å². The van der Waals surface area contributed by atoms with Crippen molar-refractivity contribution >= 4 is 23.6 Å². The lowest BCUT2D eigenvalue weighted by atomic mass is 10.1. The molecule has 2 aromatic heterocycles. The van der Waals surface area contributed by atoms with E-state index in [4.69, 9.17) is 9.57 Å². The largest absolute Gasteiger partial charge is 0.405 e. The molecule has 0 bridgehead atoms. The van der Waals surface area contributed by atoms with Crippen LogP contribution in [0.2, 0.25) is 0 Å². The van der Waals surface area contributed by atoms with Gasteiger partial charge < -0.3 is 25.5 Å². The van der Waals surface area contributed by atoms with Crippen LogP contribution in [0.1, 0.15) is 24.8 Å². The minimum atomic E-state index is -4.48. The molecular weight excluding hydrogens is 489 g/mol. The van der Waals surface area contributed by atoms with E-state index in [0.29, 0.717) is 24.0 Å². The molecule has 0 atom stereocenters. The van der Waals surface area contributed by atoms with E-state index in [1.807, 2.05) is 28.8 Å². The molecule has 0 aliphatic carbocycles. The summed E-state index contributed by atoms with van der Waals surface area (Å²) in [6.45, 7) is 1.62. The van der Waals surface area contributed by atoms with Crippen LogP contribution in [0.4, 0.5) is 23.7 Å². The average molecular weight is 519 g/mol. The zero-order valence-corrected chi connectivity index (χ0v) is 20.1. The molecule has 0 saturated carbocycles. The number of aromatic nitrogens is 2. The van der Waals surface area contributed by atoms with E-state index in [2.05, 4.69) is 20.8 Å². The number of benzene rings is 1. The second-order valence-electron chi connectivity index (χ2n) is 8.60. The van der Waals surface area contributed by atoms with E-state index >= 15 is 0 Å². The Morgan fingerprint density at radius 2 is 2.08 bits per heavy atom. The Hall–Kier alpha value is -3.64. The van der Waals surface area contributed by atoms with Crippen LogP contribution < -0.4 is 16.0 Å². The summed E-state index contributed by atoms with van der Waals surface area (Å²) < 4.78 is 44.1. The highest BCUT2D eigenvalue weighted by molar-refractivity contribution is 5.90. The first-order valence-corrected chi connectivity index (χ1v) is 12.0. The predicted octanol–water partition coefficient (Wildman–Crippen LogP) is 4.19. The Morgan fingerprint density at radius 1 is 1.24 bits per heavy atom. The highest BCUT2D eigenvalue weighted by Gasteiger charge is 2.27. The summed E-state index contributed by atoms with van der Waals surface area (Å²) in [7, 11) is 0. The number of amides is 2. The van der Waals surface area contributed by atoms with E-state index in [1.165, 1.54) is 0 Å². The number of nitrogens with one attached hydrogen (secondary N) is 3. The second-order valence-corrected chi connectivity index (χ2v) is 8.60. The smallest absolute Gasteiger partial charge is 0.396 e. The van der Waals surface area contributed by atoms with Gasteiger partial charge >= 0.3 is 12.2 Å². The van der Waals surface area contributed by atoms with Crippen LogP contribution in [-0.4, -0.2) is 66.8 Å². The van der Waals surface area contributed by atoms with Crippen LogP contribution in [0, 0.1) is 0 Å². The van der Waals surface area contributed by atoms with E-state index in [-0.39, 0.29) is 0 Å². The van der Waals surface area contributed by atoms with Crippen LogP contribution in [-0.2, 0) is 9.57 Å². The Bertz CT molecular complexity index is 1210. The van der Waals surface area contributed by atoms with Crippen LogP contribution in [0.15, 0.2) is 53.9 Å². The zero-order chi connectivity index (χ0) is 26.1. The minimum absolute atomic E-state index is 0.357. The summed E-state index contributed by atoms with van der Waals surface area (Å²) in [5.41, 5.74) is 3.35. The van der Waals surface area contributed by atoms with Gasteiger partial charge in [-0.05, 0) is 50.1 Å². The molecule has 1 aliphatic rings. The molecule has 1 aliphatic heterocycles. The Balaban J connectivity index is 1.29. The number of fused-ring (bicyclic) bond motifs is 1. The molecule has 2 amide bonds. The quantitative estimate of drug-likeness (QED) is 0.212. The van der Waals surface area contributed by atoms with Gasteiger partial charge in [-0.2, -0.15) is 13.2 Å². The molecule has 0 radical (unpaired) electrons. The van der Waals surface area contributed by atoms with E-state index in [1.54, 1.807) is 35.9 Å². The van der Waals surface area contributed by atoms with Gasteiger partial charge in [0.05, 0.1) is 18.1 Å². The van der Waals surface area contributed by atoms with Crippen molar-refractivity contribution in [2.24, 2.45) is 5.16 Å². The van der Waals surface area contributed by atoms with E-state index in [9.17, 15) is 18.0 Å². The average Bonchev–Trinajstić information content (AvgIpc) is 3.31. The lowest BCUT2D eigenvalue weighted by Gasteiger charge is -2.22. The molecule has 3 N–H and O–H groups in total. The van der Waals surface area contributed by atoms with Gasteiger partial charge in [-0.1, -0.05) is 17.3 Å². The molecular formula is C25H29F3N6O3. The fraction of sp³-hybridized carbons (Fsp3) is 0.400. The number of ether oxygens (including phenoxy) is 1. The van der Waals surface area contributed by atoms with Gasteiger partial charge in [0, 0.05) is 42.3 Å². The van der Waals surface area contributed by atoms with Crippen molar-refractivity contribution in [1.82, 2.24) is 20.0 Å². The molecule has 1 fully saturated rings.